The molecule has 0 saturated heterocycles. The smallest absolute Gasteiger partial charge is 0.377 e. The SMILES string of the molecule is CC#CC(=O)NCCCOCc1cc2c(c(C(F)(F)F)c1)CN(c1cccc(C3CC(C)C3)c1)C2=O. The van der Waals surface area contributed by atoms with Gasteiger partial charge >= 0.3 is 6.18 Å². The maximum absolute atomic E-state index is 13.9. The summed E-state index contributed by atoms with van der Waals surface area (Å²) in [5.41, 5.74) is 1.29. The molecule has 2 amide bonds. The summed E-state index contributed by atoms with van der Waals surface area (Å²) in [6.45, 7) is 4.16. The van der Waals surface area contributed by atoms with Crippen LogP contribution in [-0.4, -0.2) is 25.0 Å². The number of amides is 2. The van der Waals surface area contributed by atoms with E-state index in [0.29, 0.717) is 30.5 Å². The molecule has 0 bridgehead atoms. The van der Waals surface area contributed by atoms with E-state index < -0.39 is 17.6 Å². The van der Waals surface area contributed by atoms with E-state index in [1.54, 1.807) is 13.0 Å². The molecule has 2 aromatic rings. The lowest BCUT2D eigenvalue weighted by Gasteiger charge is -2.33. The Labute approximate surface area is 209 Å². The molecule has 1 aliphatic carbocycles. The first-order valence-electron chi connectivity index (χ1n) is 12.1. The summed E-state index contributed by atoms with van der Waals surface area (Å²) in [5, 5.41) is 2.60. The number of benzene rings is 2. The molecule has 1 saturated carbocycles. The lowest BCUT2D eigenvalue weighted by Crippen LogP contribution is -2.24. The number of nitrogens with zero attached hydrogens (tertiary/aromatic N) is 1. The van der Waals surface area contributed by atoms with Crippen LogP contribution in [0, 0.1) is 17.8 Å². The van der Waals surface area contributed by atoms with Gasteiger partial charge in [0.05, 0.1) is 18.7 Å². The summed E-state index contributed by atoms with van der Waals surface area (Å²) in [6, 6.07) is 10.2. The predicted molar refractivity (Wildman–Crippen MR) is 130 cm³/mol. The fraction of sp³-hybridized carbons (Fsp3) is 0.429. The molecule has 2 aromatic carbocycles. The minimum absolute atomic E-state index is 0.00124. The largest absolute Gasteiger partial charge is 0.416 e. The fourth-order valence-corrected chi connectivity index (χ4v) is 4.86. The van der Waals surface area contributed by atoms with Crippen LogP contribution in [0.15, 0.2) is 36.4 Å². The van der Waals surface area contributed by atoms with Crippen molar-refractivity contribution in [1.82, 2.24) is 5.32 Å². The molecule has 8 heteroatoms. The van der Waals surface area contributed by atoms with Crippen molar-refractivity contribution in [3.63, 3.8) is 0 Å². The number of carbonyl (C=O) groups is 2. The Morgan fingerprint density at radius 3 is 2.69 bits per heavy atom. The van der Waals surface area contributed by atoms with Gasteiger partial charge in [-0.3, -0.25) is 9.59 Å². The Morgan fingerprint density at radius 1 is 1.22 bits per heavy atom. The van der Waals surface area contributed by atoms with Gasteiger partial charge in [0.15, 0.2) is 0 Å². The normalized spacial score (nSPS) is 18.8. The number of ether oxygens (including phenoxy) is 1. The molecule has 5 nitrogen and oxygen atoms in total. The highest BCUT2D eigenvalue weighted by Crippen LogP contribution is 2.43. The van der Waals surface area contributed by atoms with Gasteiger partial charge in [-0.25, -0.2) is 0 Å². The van der Waals surface area contributed by atoms with Crippen molar-refractivity contribution in [3.05, 3.63) is 64.2 Å². The molecule has 0 aromatic heterocycles. The lowest BCUT2D eigenvalue weighted by atomic mass is 9.72. The summed E-state index contributed by atoms with van der Waals surface area (Å²) < 4.78 is 47.4. The minimum Gasteiger partial charge on any atom is -0.377 e. The van der Waals surface area contributed by atoms with Crippen LogP contribution in [0.3, 0.4) is 0 Å². The van der Waals surface area contributed by atoms with Crippen LogP contribution < -0.4 is 10.2 Å². The van der Waals surface area contributed by atoms with E-state index in [1.807, 2.05) is 18.2 Å². The van der Waals surface area contributed by atoms with Crippen LogP contribution in [0.4, 0.5) is 18.9 Å². The van der Waals surface area contributed by atoms with E-state index in [4.69, 9.17) is 4.74 Å². The Balaban J connectivity index is 1.47. The Kier molecular flexibility index (Phi) is 7.70. The fourth-order valence-electron chi connectivity index (χ4n) is 4.86. The Bertz CT molecular complexity index is 1210. The summed E-state index contributed by atoms with van der Waals surface area (Å²) in [7, 11) is 0. The molecular weight excluding hydrogens is 469 g/mol. The molecule has 0 spiro atoms. The van der Waals surface area contributed by atoms with E-state index in [1.165, 1.54) is 11.0 Å². The van der Waals surface area contributed by atoms with Crippen LogP contribution >= 0.6 is 0 Å². The number of nitrogens with one attached hydrogen (secondary N) is 1. The molecule has 0 unspecified atom stereocenters. The van der Waals surface area contributed by atoms with E-state index in [2.05, 4.69) is 24.1 Å². The number of anilines is 1. The number of alkyl halides is 3. The molecule has 190 valence electrons. The Hall–Kier alpha value is -3.31. The predicted octanol–water partition coefficient (Wildman–Crippen LogP) is 5.43. The van der Waals surface area contributed by atoms with Crippen LogP contribution in [0.25, 0.3) is 0 Å². The summed E-state index contributed by atoms with van der Waals surface area (Å²) in [6.07, 6.45) is -1.95. The maximum atomic E-state index is 13.9. The quantitative estimate of drug-likeness (QED) is 0.390. The average Bonchev–Trinajstić information content (AvgIpc) is 3.14. The van der Waals surface area contributed by atoms with Gasteiger partial charge in [-0.1, -0.05) is 25.0 Å². The highest BCUT2D eigenvalue weighted by molar-refractivity contribution is 6.10. The number of hydrogen-bond donors (Lipinski definition) is 1. The minimum atomic E-state index is -4.59. The van der Waals surface area contributed by atoms with Crippen LogP contribution in [0.5, 0.6) is 0 Å². The molecule has 1 N–H and O–H groups in total. The maximum Gasteiger partial charge on any atom is 0.416 e. The first-order valence-corrected chi connectivity index (χ1v) is 12.1. The van der Waals surface area contributed by atoms with Gasteiger partial charge in [0.1, 0.15) is 0 Å². The average molecular weight is 499 g/mol. The van der Waals surface area contributed by atoms with Crippen molar-refractivity contribution >= 4 is 17.5 Å². The van der Waals surface area contributed by atoms with Gasteiger partial charge in [0.25, 0.3) is 11.8 Å². The first-order chi connectivity index (χ1) is 17.2. The van der Waals surface area contributed by atoms with Gasteiger partial charge < -0.3 is 15.0 Å². The second-order valence-electron chi connectivity index (χ2n) is 9.46. The van der Waals surface area contributed by atoms with Crippen molar-refractivity contribution in [2.45, 2.75) is 58.4 Å². The Morgan fingerprint density at radius 2 is 2.00 bits per heavy atom. The van der Waals surface area contributed by atoms with Crippen molar-refractivity contribution < 1.29 is 27.5 Å². The highest BCUT2D eigenvalue weighted by Gasteiger charge is 2.40. The molecule has 2 aliphatic rings. The summed E-state index contributed by atoms with van der Waals surface area (Å²) in [5.74, 6) is 5.13. The third-order valence-electron chi connectivity index (χ3n) is 6.69. The van der Waals surface area contributed by atoms with Crippen molar-refractivity contribution in [2.24, 2.45) is 5.92 Å². The zero-order valence-corrected chi connectivity index (χ0v) is 20.4. The highest BCUT2D eigenvalue weighted by atomic mass is 19.4. The topological polar surface area (TPSA) is 58.6 Å². The van der Waals surface area contributed by atoms with Gasteiger partial charge in [0, 0.05) is 24.4 Å². The number of fused-ring (bicyclic) bond motifs is 1. The zero-order chi connectivity index (χ0) is 25.9. The molecule has 36 heavy (non-hydrogen) atoms. The van der Waals surface area contributed by atoms with Crippen molar-refractivity contribution in [3.8, 4) is 11.8 Å². The standard InChI is InChI=1S/C28H29F3N2O3/c1-3-6-26(34)32-9-5-10-36-17-19-13-23-24(25(14-19)28(29,30)31)16-33(27(23)35)22-8-4-7-20(15-22)21-11-18(2)12-21/h4,7-8,13-15,18,21H,5,9-12,16-17H2,1-2H3,(H,32,34). The van der Waals surface area contributed by atoms with E-state index in [0.717, 1.165) is 24.5 Å². The number of halogens is 3. The summed E-state index contributed by atoms with van der Waals surface area (Å²) >= 11 is 0. The second-order valence-corrected chi connectivity index (χ2v) is 9.46. The molecule has 0 radical (unpaired) electrons. The van der Waals surface area contributed by atoms with Gasteiger partial charge in [-0.05, 0) is 84.9 Å². The molecule has 1 fully saturated rings. The van der Waals surface area contributed by atoms with Crippen LogP contribution in [0.2, 0.25) is 0 Å². The van der Waals surface area contributed by atoms with Crippen LogP contribution in [0.1, 0.15) is 71.6 Å². The number of carbonyl (C=O) groups excluding carboxylic acids is 2. The monoisotopic (exact) mass is 498 g/mol. The molecule has 1 heterocycles. The van der Waals surface area contributed by atoms with E-state index in [-0.39, 0.29) is 42.4 Å². The number of hydrogen-bond acceptors (Lipinski definition) is 3. The molecule has 0 atom stereocenters. The van der Waals surface area contributed by atoms with Gasteiger partial charge in [-0.2, -0.15) is 13.2 Å². The molecular formula is C28H29F3N2O3. The molecule has 1 aliphatic heterocycles. The summed E-state index contributed by atoms with van der Waals surface area (Å²) in [4.78, 5) is 26.0. The van der Waals surface area contributed by atoms with Gasteiger partial charge in [0.2, 0.25) is 0 Å². The number of rotatable bonds is 8. The second kappa shape index (κ2) is 10.8. The van der Waals surface area contributed by atoms with E-state index >= 15 is 0 Å². The third kappa shape index (κ3) is 5.73. The third-order valence-corrected chi connectivity index (χ3v) is 6.69. The first kappa shape index (κ1) is 25.8. The van der Waals surface area contributed by atoms with Crippen molar-refractivity contribution in [2.75, 3.05) is 18.1 Å². The van der Waals surface area contributed by atoms with E-state index in [9.17, 15) is 22.8 Å². The molecule has 4 rings (SSSR count). The van der Waals surface area contributed by atoms with Gasteiger partial charge in [-0.15, -0.1) is 0 Å². The zero-order valence-electron chi connectivity index (χ0n) is 20.4. The van der Waals surface area contributed by atoms with Crippen molar-refractivity contribution in [1.29, 1.82) is 0 Å². The van der Waals surface area contributed by atoms with Crippen LogP contribution in [-0.2, 0) is 28.9 Å². The lowest BCUT2D eigenvalue weighted by molar-refractivity contribution is -0.138.